The fourth-order valence-corrected chi connectivity index (χ4v) is 4.22. The number of ether oxygens (including phenoxy) is 1. The maximum absolute atomic E-state index is 12.7. The Labute approximate surface area is 157 Å². The van der Waals surface area contributed by atoms with Crippen LogP contribution in [0.4, 0.5) is 0 Å². The predicted molar refractivity (Wildman–Crippen MR) is 105 cm³/mol. The van der Waals surface area contributed by atoms with Crippen molar-refractivity contribution < 1.29 is 9.53 Å². The molecule has 26 heavy (non-hydrogen) atoms. The highest BCUT2D eigenvalue weighted by molar-refractivity contribution is 5.79. The number of rotatable bonds is 5. The number of methoxy groups -OCH3 is 1. The first-order chi connectivity index (χ1) is 12.6. The number of likely N-dealkylation sites (tertiary alicyclic amines) is 1. The van der Waals surface area contributed by atoms with Gasteiger partial charge in [-0.25, -0.2) is 0 Å². The van der Waals surface area contributed by atoms with E-state index in [1.54, 1.807) is 7.11 Å². The van der Waals surface area contributed by atoms with E-state index in [-0.39, 0.29) is 5.91 Å². The molecule has 0 saturated carbocycles. The molecular formula is C21H33N3O2. The van der Waals surface area contributed by atoms with Crippen molar-refractivity contribution in [3.63, 3.8) is 0 Å². The second-order valence-electron chi connectivity index (χ2n) is 7.77. The summed E-state index contributed by atoms with van der Waals surface area (Å²) in [4.78, 5) is 19.9. The van der Waals surface area contributed by atoms with Gasteiger partial charge in [-0.15, -0.1) is 0 Å². The van der Waals surface area contributed by atoms with Crippen molar-refractivity contribution in [1.82, 2.24) is 14.7 Å². The lowest BCUT2D eigenvalue weighted by molar-refractivity contribution is -0.132. The topological polar surface area (TPSA) is 36.0 Å². The summed E-state index contributed by atoms with van der Waals surface area (Å²) in [5.74, 6) is 1.02. The predicted octanol–water partition coefficient (Wildman–Crippen LogP) is 2.25. The minimum Gasteiger partial charge on any atom is -0.496 e. The summed E-state index contributed by atoms with van der Waals surface area (Å²) in [6.45, 7) is 11.0. The van der Waals surface area contributed by atoms with Gasteiger partial charge in [0.1, 0.15) is 5.75 Å². The van der Waals surface area contributed by atoms with Gasteiger partial charge in [0.05, 0.1) is 13.5 Å². The van der Waals surface area contributed by atoms with E-state index < -0.39 is 0 Å². The molecule has 5 heteroatoms. The summed E-state index contributed by atoms with van der Waals surface area (Å²) in [6, 6.07) is 9.10. The standard InChI is InChI=1S/C21H33N3O2/c1-17(2)22-12-14-23(15-13-22)19-8-10-24(11-9-19)21(25)16-18-6-4-5-7-20(18)26-3/h4-7,17,19H,8-16H2,1-3H3. The van der Waals surface area contributed by atoms with Gasteiger partial charge in [0.2, 0.25) is 5.91 Å². The number of para-hydroxylation sites is 1. The first-order valence-corrected chi connectivity index (χ1v) is 9.96. The molecule has 2 heterocycles. The van der Waals surface area contributed by atoms with Crippen LogP contribution in [-0.2, 0) is 11.2 Å². The van der Waals surface area contributed by atoms with Gasteiger partial charge in [-0.3, -0.25) is 14.6 Å². The summed E-state index contributed by atoms with van der Waals surface area (Å²) in [6.07, 6.45) is 2.63. The van der Waals surface area contributed by atoms with E-state index in [9.17, 15) is 4.79 Å². The molecule has 2 aliphatic rings. The van der Waals surface area contributed by atoms with E-state index in [0.717, 1.165) is 50.3 Å². The summed E-state index contributed by atoms with van der Waals surface area (Å²) in [5.41, 5.74) is 0.979. The fraction of sp³-hybridized carbons (Fsp3) is 0.667. The van der Waals surface area contributed by atoms with Gasteiger partial charge in [-0.05, 0) is 32.8 Å². The third-order valence-corrected chi connectivity index (χ3v) is 5.95. The smallest absolute Gasteiger partial charge is 0.227 e. The molecule has 0 N–H and O–H groups in total. The average Bonchev–Trinajstić information content (AvgIpc) is 2.68. The molecule has 0 aliphatic carbocycles. The van der Waals surface area contributed by atoms with Crippen LogP contribution in [0.15, 0.2) is 24.3 Å². The number of carbonyl (C=O) groups excluding carboxylic acids is 1. The lowest BCUT2D eigenvalue weighted by atomic mass is 10.0. The molecular weight excluding hydrogens is 326 g/mol. The number of hydrogen-bond donors (Lipinski definition) is 0. The average molecular weight is 360 g/mol. The molecule has 2 aliphatic heterocycles. The summed E-state index contributed by atoms with van der Waals surface area (Å²) in [5, 5.41) is 0. The highest BCUT2D eigenvalue weighted by Gasteiger charge is 2.29. The van der Waals surface area contributed by atoms with Gasteiger partial charge in [0, 0.05) is 56.9 Å². The van der Waals surface area contributed by atoms with Crippen molar-refractivity contribution >= 4 is 5.91 Å². The molecule has 0 unspecified atom stereocenters. The van der Waals surface area contributed by atoms with Crippen molar-refractivity contribution in [2.24, 2.45) is 0 Å². The molecule has 0 aromatic heterocycles. The summed E-state index contributed by atoms with van der Waals surface area (Å²) in [7, 11) is 1.66. The monoisotopic (exact) mass is 359 g/mol. The zero-order chi connectivity index (χ0) is 18.5. The number of amides is 1. The Hall–Kier alpha value is -1.59. The van der Waals surface area contributed by atoms with Gasteiger partial charge in [-0.2, -0.15) is 0 Å². The van der Waals surface area contributed by atoms with Crippen LogP contribution in [0.25, 0.3) is 0 Å². The Balaban J connectivity index is 1.47. The molecule has 1 aromatic carbocycles. The number of piperazine rings is 1. The van der Waals surface area contributed by atoms with E-state index in [4.69, 9.17) is 4.74 Å². The number of carbonyl (C=O) groups is 1. The molecule has 0 spiro atoms. The summed E-state index contributed by atoms with van der Waals surface area (Å²) >= 11 is 0. The second kappa shape index (κ2) is 8.87. The molecule has 0 bridgehead atoms. The first kappa shape index (κ1) is 19.2. The Morgan fingerprint density at radius 2 is 1.73 bits per heavy atom. The van der Waals surface area contributed by atoms with Gasteiger partial charge in [0.25, 0.3) is 0 Å². The van der Waals surface area contributed by atoms with Crippen LogP contribution in [0.2, 0.25) is 0 Å². The largest absolute Gasteiger partial charge is 0.496 e. The normalized spacial score (nSPS) is 20.5. The third kappa shape index (κ3) is 4.57. The van der Waals surface area contributed by atoms with Gasteiger partial charge >= 0.3 is 0 Å². The van der Waals surface area contributed by atoms with Crippen molar-refractivity contribution in [2.75, 3.05) is 46.4 Å². The second-order valence-corrected chi connectivity index (χ2v) is 7.77. The first-order valence-electron chi connectivity index (χ1n) is 9.96. The Bertz CT molecular complexity index is 589. The molecule has 1 aromatic rings. The van der Waals surface area contributed by atoms with Crippen molar-refractivity contribution in [3.8, 4) is 5.75 Å². The molecule has 3 rings (SSSR count). The van der Waals surface area contributed by atoms with E-state index in [1.807, 2.05) is 29.2 Å². The maximum Gasteiger partial charge on any atom is 0.227 e. The van der Waals surface area contributed by atoms with Crippen LogP contribution in [0.3, 0.4) is 0 Å². The number of nitrogens with zero attached hydrogens (tertiary/aromatic N) is 3. The molecule has 2 fully saturated rings. The van der Waals surface area contributed by atoms with Gasteiger partial charge in [0.15, 0.2) is 0 Å². The lowest BCUT2D eigenvalue weighted by Gasteiger charge is -2.43. The molecule has 2 saturated heterocycles. The number of piperidine rings is 1. The van der Waals surface area contributed by atoms with Crippen molar-refractivity contribution in [2.45, 2.75) is 45.2 Å². The minimum absolute atomic E-state index is 0.220. The molecule has 1 amide bonds. The molecule has 144 valence electrons. The van der Waals surface area contributed by atoms with E-state index in [1.165, 1.54) is 13.1 Å². The fourth-order valence-electron chi connectivity index (χ4n) is 4.22. The Morgan fingerprint density at radius 3 is 2.35 bits per heavy atom. The minimum atomic E-state index is 0.220. The van der Waals surface area contributed by atoms with Crippen molar-refractivity contribution in [3.05, 3.63) is 29.8 Å². The SMILES string of the molecule is COc1ccccc1CC(=O)N1CCC(N2CCN(C(C)C)CC2)CC1. The highest BCUT2D eigenvalue weighted by Crippen LogP contribution is 2.22. The number of hydrogen-bond acceptors (Lipinski definition) is 4. The van der Waals surface area contributed by atoms with Gasteiger partial charge in [-0.1, -0.05) is 18.2 Å². The summed E-state index contributed by atoms with van der Waals surface area (Å²) < 4.78 is 5.37. The quantitative estimate of drug-likeness (QED) is 0.808. The Morgan fingerprint density at radius 1 is 1.08 bits per heavy atom. The lowest BCUT2D eigenvalue weighted by Crippen LogP contribution is -2.54. The van der Waals surface area contributed by atoms with Crippen LogP contribution in [0, 0.1) is 0 Å². The highest BCUT2D eigenvalue weighted by atomic mass is 16.5. The van der Waals surface area contributed by atoms with Crippen LogP contribution < -0.4 is 4.74 Å². The van der Waals surface area contributed by atoms with E-state index in [0.29, 0.717) is 18.5 Å². The van der Waals surface area contributed by atoms with Crippen LogP contribution in [0.1, 0.15) is 32.3 Å². The van der Waals surface area contributed by atoms with Crippen molar-refractivity contribution in [1.29, 1.82) is 0 Å². The molecule has 0 radical (unpaired) electrons. The van der Waals surface area contributed by atoms with E-state index >= 15 is 0 Å². The van der Waals surface area contributed by atoms with Gasteiger partial charge < -0.3 is 9.64 Å². The number of benzene rings is 1. The van der Waals surface area contributed by atoms with Crippen LogP contribution in [0.5, 0.6) is 5.75 Å². The third-order valence-electron chi connectivity index (χ3n) is 5.95. The van der Waals surface area contributed by atoms with Crippen LogP contribution in [-0.4, -0.2) is 79.1 Å². The maximum atomic E-state index is 12.7. The van der Waals surface area contributed by atoms with Crippen LogP contribution >= 0.6 is 0 Å². The Kier molecular flexibility index (Phi) is 6.54. The van der Waals surface area contributed by atoms with E-state index in [2.05, 4.69) is 23.6 Å². The zero-order valence-electron chi connectivity index (χ0n) is 16.5. The molecule has 5 nitrogen and oxygen atoms in total. The molecule has 0 atom stereocenters. The zero-order valence-corrected chi connectivity index (χ0v) is 16.5.